The van der Waals surface area contributed by atoms with Gasteiger partial charge in [0.1, 0.15) is 0 Å². The van der Waals surface area contributed by atoms with Gasteiger partial charge >= 0.3 is 0 Å². The molecule has 0 aromatic carbocycles. The fourth-order valence-corrected chi connectivity index (χ4v) is 1.33. The van der Waals surface area contributed by atoms with E-state index >= 15 is 0 Å². The van der Waals surface area contributed by atoms with Crippen LogP contribution in [-0.4, -0.2) is 19.5 Å². The number of aromatic nitrogens is 4. The summed E-state index contributed by atoms with van der Waals surface area (Å²) >= 11 is 0. The summed E-state index contributed by atoms with van der Waals surface area (Å²) in [5, 5.41) is 0. The minimum absolute atomic E-state index is 0. The Morgan fingerprint density at radius 2 is 2.00 bits per heavy atom. The van der Waals surface area contributed by atoms with Gasteiger partial charge < -0.3 is 14.5 Å². The van der Waals surface area contributed by atoms with Crippen molar-refractivity contribution in [2.24, 2.45) is 0 Å². The predicted octanol–water partition coefficient (Wildman–Crippen LogP) is 1.69. The first-order valence-electron chi connectivity index (χ1n) is 4.58. The van der Waals surface area contributed by atoms with E-state index in [4.69, 9.17) is 0 Å². The van der Waals surface area contributed by atoms with Crippen LogP contribution in [-0.2, 0) is 26.0 Å². The van der Waals surface area contributed by atoms with Gasteiger partial charge in [0.05, 0.1) is 6.33 Å². The normalized spacial score (nSPS) is 11.5. The van der Waals surface area contributed by atoms with E-state index in [2.05, 4.69) is 41.9 Å². The molecule has 4 nitrogen and oxygen atoms in total. The number of hydrogen-bond donors (Lipinski definition) is 0. The quantitative estimate of drug-likeness (QED) is 0.658. The van der Waals surface area contributed by atoms with Crippen LogP contribution in [0.3, 0.4) is 0 Å². The van der Waals surface area contributed by atoms with Crippen LogP contribution in [0.4, 0.5) is 0 Å². The molecule has 15 heavy (non-hydrogen) atoms. The van der Waals surface area contributed by atoms with Crippen molar-refractivity contribution < 1.29 is 20.4 Å². The summed E-state index contributed by atoms with van der Waals surface area (Å²) in [6.45, 7) is 8.21. The van der Waals surface area contributed by atoms with E-state index < -0.39 is 0 Å². The molecule has 0 bridgehead atoms. The zero-order chi connectivity index (χ0) is 10.3. The van der Waals surface area contributed by atoms with E-state index in [-0.39, 0.29) is 26.0 Å². The monoisotopic (exact) mass is 376 g/mol. The summed E-state index contributed by atoms with van der Waals surface area (Å²) in [4.78, 5) is 12.6. The first-order chi connectivity index (χ1) is 6.48. The van der Waals surface area contributed by atoms with Crippen molar-refractivity contribution in [1.29, 1.82) is 0 Å². The standard InChI is InChI=1S/C10H13N4.Re/c1-7-11-5-8-9(13-7)14(6-12-8)10(2,3)4;/h6H,1-4H3;/q-1;. The van der Waals surface area contributed by atoms with Gasteiger partial charge in [0.15, 0.2) is 0 Å². The Balaban J connectivity index is 0.00000112. The molecule has 0 aliphatic rings. The maximum absolute atomic E-state index is 4.36. The summed E-state index contributed by atoms with van der Waals surface area (Å²) in [5.41, 5.74) is 1.57. The fourth-order valence-electron chi connectivity index (χ4n) is 1.33. The van der Waals surface area contributed by atoms with Crippen molar-refractivity contribution in [2.75, 3.05) is 0 Å². The van der Waals surface area contributed by atoms with E-state index in [1.165, 1.54) is 0 Å². The molecule has 0 amide bonds. The Labute approximate surface area is 103 Å². The smallest absolute Gasteiger partial charge is 0.0838 e. The number of nitrogens with zero attached hydrogens (tertiary/aromatic N) is 4. The van der Waals surface area contributed by atoms with E-state index in [1.54, 1.807) is 6.33 Å². The summed E-state index contributed by atoms with van der Waals surface area (Å²) < 4.78 is 2.04. The Kier molecular flexibility index (Phi) is 3.27. The van der Waals surface area contributed by atoms with Crippen LogP contribution < -0.4 is 0 Å². The molecule has 1 radical (unpaired) electrons. The average Bonchev–Trinajstić information content (AvgIpc) is 2.45. The van der Waals surface area contributed by atoms with E-state index in [9.17, 15) is 0 Å². The number of rotatable bonds is 0. The molecule has 0 N–H and O–H groups in total. The van der Waals surface area contributed by atoms with Gasteiger partial charge in [-0.15, -0.1) is 0 Å². The van der Waals surface area contributed by atoms with Crippen molar-refractivity contribution in [3.63, 3.8) is 0 Å². The molecule has 0 saturated heterocycles. The molecule has 0 unspecified atom stereocenters. The van der Waals surface area contributed by atoms with E-state index in [1.807, 2.05) is 11.5 Å². The SMILES string of the molecule is Cc1n[c-]c2ncn(C(C)(C)C)c2n1.[Re]. The molecule has 5 heteroatoms. The Hall–Kier alpha value is -0.788. The summed E-state index contributed by atoms with van der Waals surface area (Å²) in [5.74, 6) is 0.725. The summed E-state index contributed by atoms with van der Waals surface area (Å²) in [7, 11) is 0. The maximum Gasteiger partial charge on any atom is 0.0838 e. The molecule has 2 rings (SSSR count). The molecule has 0 fully saturated rings. The molecule has 0 saturated carbocycles. The van der Waals surface area contributed by atoms with Gasteiger partial charge in [-0.2, -0.15) is 0 Å². The van der Waals surface area contributed by atoms with Gasteiger partial charge in [-0.3, -0.25) is 4.98 Å². The number of fused-ring (bicyclic) bond motifs is 1. The Morgan fingerprint density at radius 1 is 1.33 bits per heavy atom. The molecular formula is C10H13N4Re-. The first-order valence-corrected chi connectivity index (χ1v) is 4.58. The van der Waals surface area contributed by atoms with Crippen LogP contribution in [0.15, 0.2) is 6.33 Å². The molecule has 0 aliphatic heterocycles. The molecule has 2 aromatic rings. The van der Waals surface area contributed by atoms with Crippen LogP contribution in [0.5, 0.6) is 0 Å². The van der Waals surface area contributed by atoms with Gasteiger partial charge in [-0.05, 0) is 27.0 Å². The Bertz CT molecular complexity index is 470. The van der Waals surface area contributed by atoms with Crippen LogP contribution >= 0.6 is 0 Å². The minimum Gasteiger partial charge on any atom is -0.371 e. The molecular weight excluding hydrogens is 362 g/mol. The fraction of sp³-hybridized carbons (Fsp3) is 0.500. The average molecular weight is 375 g/mol. The van der Waals surface area contributed by atoms with Gasteiger partial charge in [0.2, 0.25) is 0 Å². The number of imidazole rings is 1. The molecule has 2 aromatic heterocycles. The third kappa shape index (κ3) is 2.24. The third-order valence-electron chi connectivity index (χ3n) is 2.06. The number of hydrogen-bond acceptors (Lipinski definition) is 3. The molecule has 0 spiro atoms. The number of aryl methyl sites for hydroxylation is 1. The van der Waals surface area contributed by atoms with Gasteiger partial charge in [-0.25, -0.2) is 0 Å². The third-order valence-corrected chi connectivity index (χ3v) is 2.06. The minimum atomic E-state index is -0.0105. The molecule has 0 atom stereocenters. The maximum atomic E-state index is 4.36. The molecule has 81 valence electrons. The largest absolute Gasteiger partial charge is 0.371 e. The second-order valence-corrected chi connectivity index (χ2v) is 4.34. The second kappa shape index (κ2) is 3.99. The second-order valence-electron chi connectivity index (χ2n) is 4.34. The topological polar surface area (TPSA) is 43.6 Å². The zero-order valence-corrected chi connectivity index (χ0v) is 12.0. The van der Waals surface area contributed by atoms with Crippen LogP contribution in [0.1, 0.15) is 26.6 Å². The predicted molar refractivity (Wildman–Crippen MR) is 53.9 cm³/mol. The van der Waals surface area contributed by atoms with E-state index in [0.717, 1.165) is 17.0 Å². The molecule has 2 heterocycles. The molecule has 0 aliphatic carbocycles. The van der Waals surface area contributed by atoms with Crippen molar-refractivity contribution in [3.05, 3.63) is 18.3 Å². The van der Waals surface area contributed by atoms with Crippen molar-refractivity contribution >= 4 is 11.2 Å². The van der Waals surface area contributed by atoms with Gasteiger partial charge in [0.25, 0.3) is 0 Å². The zero-order valence-electron chi connectivity index (χ0n) is 9.24. The summed E-state index contributed by atoms with van der Waals surface area (Å²) in [6, 6.07) is 0. The Morgan fingerprint density at radius 3 is 2.60 bits per heavy atom. The van der Waals surface area contributed by atoms with Crippen molar-refractivity contribution in [3.8, 4) is 0 Å². The summed E-state index contributed by atoms with van der Waals surface area (Å²) in [6.07, 6.45) is 4.65. The van der Waals surface area contributed by atoms with Gasteiger partial charge in [-0.1, -0.05) is 6.92 Å². The van der Waals surface area contributed by atoms with Crippen LogP contribution in [0.25, 0.3) is 11.2 Å². The van der Waals surface area contributed by atoms with Crippen LogP contribution in [0, 0.1) is 13.1 Å². The van der Waals surface area contributed by atoms with Gasteiger partial charge in [0, 0.05) is 43.0 Å². The van der Waals surface area contributed by atoms with Crippen molar-refractivity contribution in [1.82, 2.24) is 19.5 Å². The van der Waals surface area contributed by atoms with E-state index in [0.29, 0.717) is 0 Å². The van der Waals surface area contributed by atoms with Crippen LogP contribution in [0.2, 0.25) is 0 Å². The van der Waals surface area contributed by atoms with Crippen molar-refractivity contribution in [2.45, 2.75) is 33.2 Å². The first kappa shape index (κ1) is 12.3.